The summed E-state index contributed by atoms with van der Waals surface area (Å²) in [6.45, 7) is 4.83. The number of benzene rings is 1. The van der Waals surface area contributed by atoms with Crippen LogP contribution in [0.2, 0.25) is 0 Å². The average molecular weight is 242 g/mol. The molecule has 0 saturated heterocycles. The Kier molecular flexibility index (Phi) is 3.92. The lowest BCUT2D eigenvalue weighted by molar-refractivity contribution is -0.120. The van der Waals surface area contributed by atoms with E-state index in [1.54, 1.807) is 0 Å². The molecule has 1 aromatic carbocycles. The predicted octanol–water partition coefficient (Wildman–Crippen LogP) is 2.61. The van der Waals surface area contributed by atoms with Gasteiger partial charge in [0.2, 0.25) is 5.91 Å². The van der Waals surface area contributed by atoms with Gasteiger partial charge in [0, 0.05) is 11.9 Å². The van der Waals surface area contributed by atoms with Crippen molar-refractivity contribution < 1.29 is 4.79 Å². The van der Waals surface area contributed by atoms with Gasteiger partial charge in [-0.1, -0.05) is 24.6 Å². The molecule has 0 bridgehead atoms. The highest BCUT2D eigenvalue weighted by molar-refractivity contribution is 5.82. The number of carbonyl (C=O) groups excluding carboxylic acids is 1. The Balaban J connectivity index is 2.15. The predicted molar refractivity (Wildman–Crippen MR) is 73.5 cm³/mol. The Bertz CT molecular complexity index is 563. The first-order valence-electron chi connectivity index (χ1n) is 6.32. The van der Waals surface area contributed by atoms with E-state index in [9.17, 15) is 4.79 Å². The molecule has 18 heavy (non-hydrogen) atoms. The van der Waals surface area contributed by atoms with Gasteiger partial charge in [0.15, 0.2) is 0 Å². The second-order valence-electron chi connectivity index (χ2n) is 4.53. The summed E-state index contributed by atoms with van der Waals surface area (Å²) in [5, 5.41) is 3.98. The zero-order valence-corrected chi connectivity index (χ0v) is 10.9. The summed E-state index contributed by atoms with van der Waals surface area (Å²) in [7, 11) is 0. The lowest BCUT2D eigenvalue weighted by Gasteiger charge is -2.05. The summed E-state index contributed by atoms with van der Waals surface area (Å²) in [5.74, 6) is 0.0378. The number of rotatable bonds is 4. The van der Waals surface area contributed by atoms with Crippen LogP contribution in [0.25, 0.3) is 10.9 Å². The summed E-state index contributed by atoms with van der Waals surface area (Å²) in [4.78, 5) is 16.1. The maximum Gasteiger partial charge on any atom is 0.226 e. The fourth-order valence-electron chi connectivity index (χ4n) is 1.88. The number of pyridine rings is 1. The number of carbonyl (C=O) groups is 1. The number of hydrogen-bond donors (Lipinski definition) is 1. The first kappa shape index (κ1) is 12.6. The number of nitrogens with one attached hydrogen (secondary N) is 1. The third-order valence-electron chi connectivity index (χ3n) is 2.82. The first-order chi connectivity index (χ1) is 8.69. The number of amides is 1. The van der Waals surface area contributed by atoms with Gasteiger partial charge in [0.05, 0.1) is 17.6 Å². The molecule has 2 rings (SSSR count). The van der Waals surface area contributed by atoms with E-state index in [0.29, 0.717) is 6.42 Å². The fourth-order valence-corrected chi connectivity index (χ4v) is 1.88. The standard InChI is InChI=1S/C15H18N2O/c1-3-8-16-15(18)10-13-6-5-12-9-11(2)4-7-14(12)17-13/h4-7,9H,3,8,10H2,1-2H3,(H,16,18). The monoisotopic (exact) mass is 242 g/mol. The average Bonchev–Trinajstić information content (AvgIpc) is 2.36. The number of aryl methyl sites for hydroxylation is 1. The van der Waals surface area contributed by atoms with Gasteiger partial charge in [-0.15, -0.1) is 0 Å². The van der Waals surface area contributed by atoms with E-state index >= 15 is 0 Å². The highest BCUT2D eigenvalue weighted by Crippen LogP contribution is 2.14. The smallest absolute Gasteiger partial charge is 0.226 e. The van der Waals surface area contributed by atoms with E-state index in [0.717, 1.165) is 29.6 Å². The number of fused-ring (bicyclic) bond motifs is 1. The van der Waals surface area contributed by atoms with E-state index in [2.05, 4.69) is 23.3 Å². The molecule has 1 heterocycles. The van der Waals surface area contributed by atoms with Crippen molar-refractivity contribution in [1.29, 1.82) is 0 Å². The van der Waals surface area contributed by atoms with E-state index < -0.39 is 0 Å². The van der Waals surface area contributed by atoms with Crippen LogP contribution in [0.3, 0.4) is 0 Å². The second-order valence-corrected chi connectivity index (χ2v) is 4.53. The molecular formula is C15H18N2O. The zero-order chi connectivity index (χ0) is 13.0. The van der Waals surface area contributed by atoms with Crippen LogP contribution in [-0.4, -0.2) is 17.4 Å². The SMILES string of the molecule is CCCNC(=O)Cc1ccc2cc(C)ccc2n1. The molecule has 3 nitrogen and oxygen atoms in total. The van der Waals surface area contributed by atoms with Gasteiger partial charge < -0.3 is 5.32 Å². The number of aromatic nitrogens is 1. The van der Waals surface area contributed by atoms with Crippen LogP contribution in [-0.2, 0) is 11.2 Å². The summed E-state index contributed by atoms with van der Waals surface area (Å²) < 4.78 is 0. The third-order valence-corrected chi connectivity index (χ3v) is 2.82. The van der Waals surface area contributed by atoms with Gasteiger partial charge in [-0.05, 0) is 31.5 Å². The van der Waals surface area contributed by atoms with Crippen molar-refractivity contribution in [3.63, 3.8) is 0 Å². The minimum Gasteiger partial charge on any atom is -0.356 e. The molecule has 0 aliphatic carbocycles. The molecule has 1 amide bonds. The molecule has 0 aliphatic heterocycles. The first-order valence-corrected chi connectivity index (χ1v) is 6.32. The molecule has 0 unspecified atom stereocenters. The molecule has 3 heteroatoms. The number of hydrogen-bond acceptors (Lipinski definition) is 2. The minimum atomic E-state index is 0.0378. The maximum atomic E-state index is 11.6. The Labute approximate surface area is 107 Å². The molecular weight excluding hydrogens is 224 g/mol. The van der Waals surface area contributed by atoms with E-state index in [1.807, 2.05) is 31.2 Å². The third kappa shape index (κ3) is 3.06. The Hall–Kier alpha value is -1.90. The van der Waals surface area contributed by atoms with E-state index in [4.69, 9.17) is 0 Å². The van der Waals surface area contributed by atoms with Crippen molar-refractivity contribution in [3.8, 4) is 0 Å². The van der Waals surface area contributed by atoms with Gasteiger partial charge in [0.25, 0.3) is 0 Å². The summed E-state index contributed by atoms with van der Waals surface area (Å²) >= 11 is 0. The Morgan fingerprint density at radius 2 is 2.11 bits per heavy atom. The highest BCUT2D eigenvalue weighted by atomic mass is 16.1. The lowest BCUT2D eigenvalue weighted by Crippen LogP contribution is -2.25. The molecule has 0 saturated carbocycles. The maximum absolute atomic E-state index is 11.6. The van der Waals surface area contributed by atoms with Crippen molar-refractivity contribution in [2.75, 3.05) is 6.54 Å². The highest BCUT2D eigenvalue weighted by Gasteiger charge is 2.04. The summed E-state index contributed by atoms with van der Waals surface area (Å²) in [6.07, 6.45) is 1.31. The molecule has 0 spiro atoms. The van der Waals surface area contributed by atoms with Crippen LogP contribution >= 0.6 is 0 Å². The van der Waals surface area contributed by atoms with Gasteiger partial charge >= 0.3 is 0 Å². The van der Waals surface area contributed by atoms with E-state index in [-0.39, 0.29) is 5.91 Å². The van der Waals surface area contributed by atoms with Gasteiger partial charge in [0.1, 0.15) is 0 Å². The van der Waals surface area contributed by atoms with Crippen molar-refractivity contribution in [2.24, 2.45) is 0 Å². The molecule has 2 aromatic rings. The van der Waals surface area contributed by atoms with Gasteiger partial charge in [-0.2, -0.15) is 0 Å². The van der Waals surface area contributed by atoms with Crippen LogP contribution < -0.4 is 5.32 Å². The van der Waals surface area contributed by atoms with Crippen molar-refractivity contribution in [2.45, 2.75) is 26.7 Å². The normalized spacial score (nSPS) is 10.6. The Morgan fingerprint density at radius 1 is 1.28 bits per heavy atom. The topological polar surface area (TPSA) is 42.0 Å². The van der Waals surface area contributed by atoms with Gasteiger partial charge in [-0.25, -0.2) is 0 Å². The van der Waals surface area contributed by atoms with Crippen LogP contribution in [0.1, 0.15) is 24.6 Å². The molecule has 1 N–H and O–H groups in total. The van der Waals surface area contributed by atoms with Crippen LogP contribution in [0.4, 0.5) is 0 Å². The molecule has 0 aliphatic rings. The second kappa shape index (κ2) is 5.63. The summed E-state index contributed by atoms with van der Waals surface area (Å²) in [5.41, 5.74) is 2.99. The molecule has 0 atom stereocenters. The molecule has 0 fully saturated rings. The van der Waals surface area contributed by atoms with Gasteiger partial charge in [-0.3, -0.25) is 9.78 Å². The fraction of sp³-hybridized carbons (Fsp3) is 0.333. The van der Waals surface area contributed by atoms with Crippen LogP contribution in [0, 0.1) is 6.92 Å². The molecule has 94 valence electrons. The van der Waals surface area contributed by atoms with Crippen LogP contribution in [0.15, 0.2) is 30.3 Å². The van der Waals surface area contributed by atoms with Crippen molar-refractivity contribution in [3.05, 3.63) is 41.6 Å². The summed E-state index contributed by atoms with van der Waals surface area (Å²) in [6, 6.07) is 10.1. The molecule has 0 radical (unpaired) electrons. The van der Waals surface area contributed by atoms with Crippen molar-refractivity contribution in [1.82, 2.24) is 10.3 Å². The minimum absolute atomic E-state index is 0.0378. The Morgan fingerprint density at radius 3 is 2.89 bits per heavy atom. The largest absolute Gasteiger partial charge is 0.356 e. The molecule has 1 aromatic heterocycles. The van der Waals surface area contributed by atoms with E-state index in [1.165, 1.54) is 5.56 Å². The quantitative estimate of drug-likeness (QED) is 0.895. The van der Waals surface area contributed by atoms with Crippen molar-refractivity contribution >= 4 is 16.8 Å². The van der Waals surface area contributed by atoms with Crippen LogP contribution in [0.5, 0.6) is 0 Å². The number of nitrogens with zero attached hydrogens (tertiary/aromatic N) is 1. The lowest BCUT2D eigenvalue weighted by atomic mass is 10.1. The zero-order valence-electron chi connectivity index (χ0n) is 10.9.